The van der Waals surface area contributed by atoms with Crippen molar-refractivity contribution in [3.8, 4) is 0 Å². The number of aliphatic hydroxyl groups excluding tert-OH is 1. The maximum absolute atomic E-state index is 8.34. The summed E-state index contributed by atoms with van der Waals surface area (Å²) in [5, 5.41) is 8.34. The summed E-state index contributed by atoms with van der Waals surface area (Å²) in [6.45, 7) is 1.80. The molecule has 4 heteroatoms. The van der Waals surface area contributed by atoms with E-state index in [1.807, 2.05) is 26.0 Å². The zero-order chi connectivity index (χ0) is 8.57. The van der Waals surface area contributed by atoms with Crippen LogP contribution < -0.4 is 0 Å². The standard InChI is InChI=1S/C3H7ClO2.C3H9N/c1-3(5)2-6-4;1-4(2)3/h3,5H,2H2,1H3;1-3H3. The smallest absolute Gasteiger partial charge is 0.0939 e. The van der Waals surface area contributed by atoms with Crippen LogP contribution in [0.2, 0.25) is 0 Å². The predicted molar refractivity (Wildman–Crippen MR) is 43.1 cm³/mol. The summed E-state index contributed by atoms with van der Waals surface area (Å²) >= 11 is 4.74. The van der Waals surface area contributed by atoms with Gasteiger partial charge in [-0.2, -0.15) is 0 Å². The second-order valence-corrected chi connectivity index (χ2v) is 2.68. The molecular weight excluding hydrogens is 154 g/mol. The maximum atomic E-state index is 8.34. The lowest BCUT2D eigenvalue weighted by atomic mass is 10.5. The van der Waals surface area contributed by atoms with Gasteiger partial charge in [-0.1, -0.05) is 0 Å². The highest BCUT2D eigenvalue weighted by molar-refractivity contribution is 6.07. The maximum Gasteiger partial charge on any atom is 0.0939 e. The van der Waals surface area contributed by atoms with Crippen LogP contribution >= 0.6 is 11.9 Å². The minimum absolute atomic E-state index is 0.196. The van der Waals surface area contributed by atoms with Crippen LogP contribution in [0.4, 0.5) is 0 Å². The van der Waals surface area contributed by atoms with Crippen molar-refractivity contribution in [1.82, 2.24) is 4.90 Å². The highest BCUT2D eigenvalue weighted by Crippen LogP contribution is 1.83. The van der Waals surface area contributed by atoms with Crippen molar-refractivity contribution in [1.29, 1.82) is 0 Å². The second kappa shape index (κ2) is 9.17. The zero-order valence-electron chi connectivity index (χ0n) is 6.97. The minimum atomic E-state index is -0.456. The normalized spacial score (nSPS) is 12.3. The van der Waals surface area contributed by atoms with Gasteiger partial charge in [-0.05, 0) is 28.1 Å². The summed E-state index contributed by atoms with van der Waals surface area (Å²) < 4.78 is 4.03. The van der Waals surface area contributed by atoms with Crippen molar-refractivity contribution in [2.45, 2.75) is 13.0 Å². The van der Waals surface area contributed by atoms with Crippen LogP contribution in [0.15, 0.2) is 0 Å². The molecule has 3 nitrogen and oxygen atoms in total. The molecule has 0 bridgehead atoms. The Balaban J connectivity index is 0. The molecule has 0 radical (unpaired) electrons. The molecule has 1 unspecified atom stereocenters. The van der Waals surface area contributed by atoms with Crippen LogP contribution in [-0.4, -0.2) is 43.9 Å². The molecule has 0 aromatic heterocycles. The highest BCUT2D eigenvalue weighted by atomic mass is 35.5. The van der Waals surface area contributed by atoms with Crippen molar-refractivity contribution in [2.24, 2.45) is 0 Å². The molecule has 10 heavy (non-hydrogen) atoms. The molecule has 0 amide bonds. The Morgan fingerprint density at radius 2 is 1.80 bits per heavy atom. The van der Waals surface area contributed by atoms with Crippen LogP contribution in [0.25, 0.3) is 0 Å². The summed E-state index contributed by atoms with van der Waals surface area (Å²) in [6, 6.07) is 0. The quantitative estimate of drug-likeness (QED) is 0.661. The molecule has 1 atom stereocenters. The molecule has 0 rings (SSSR count). The fourth-order valence-electron chi connectivity index (χ4n) is 0.0912. The van der Waals surface area contributed by atoms with E-state index < -0.39 is 6.10 Å². The second-order valence-electron chi connectivity index (χ2n) is 2.47. The van der Waals surface area contributed by atoms with Crippen LogP contribution in [0, 0.1) is 0 Å². The molecule has 0 heterocycles. The van der Waals surface area contributed by atoms with E-state index in [1.54, 1.807) is 6.92 Å². The first-order valence-corrected chi connectivity index (χ1v) is 3.34. The van der Waals surface area contributed by atoms with Crippen molar-refractivity contribution < 1.29 is 9.40 Å². The Morgan fingerprint density at radius 3 is 1.80 bits per heavy atom. The highest BCUT2D eigenvalue weighted by Gasteiger charge is 1.89. The average molecular weight is 170 g/mol. The van der Waals surface area contributed by atoms with E-state index in [0.717, 1.165) is 0 Å². The fourth-order valence-corrected chi connectivity index (χ4v) is 0.273. The lowest BCUT2D eigenvalue weighted by Crippen LogP contribution is -2.05. The summed E-state index contributed by atoms with van der Waals surface area (Å²) in [4.78, 5) is 2.00. The molecule has 64 valence electrons. The lowest BCUT2D eigenvalue weighted by Gasteiger charge is -1.94. The summed E-state index contributed by atoms with van der Waals surface area (Å²) in [7, 11) is 6.00. The molecule has 0 aliphatic rings. The molecule has 0 aliphatic heterocycles. The topological polar surface area (TPSA) is 32.7 Å². The first kappa shape index (κ1) is 12.8. The largest absolute Gasteiger partial charge is 0.391 e. The third-order valence-corrected chi connectivity index (χ3v) is 0.430. The lowest BCUT2D eigenvalue weighted by molar-refractivity contribution is 0.129. The van der Waals surface area contributed by atoms with E-state index in [1.165, 1.54) is 0 Å². The number of aliphatic hydroxyl groups is 1. The van der Waals surface area contributed by atoms with E-state index in [-0.39, 0.29) is 6.61 Å². The van der Waals surface area contributed by atoms with E-state index >= 15 is 0 Å². The van der Waals surface area contributed by atoms with Gasteiger partial charge in [0.1, 0.15) is 0 Å². The van der Waals surface area contributed by atoms with Crippen molar-refractivity contribution in [3.05, 3.63) is 0 Å². The van der Waals surface area contributed by atoms with Gasteiger partial charge in [-0.3, -0.25) is 4.29 Å². The number of hydrogen-bond donors (Lipinski definition) is 1. The van der Waals surface area contributed by atoms with E-state index in [4.69, 9.17) is 17.0 Å². The van der Waals surface area contributed by atoms with Gasteiger partial charge in [0.05, 0.1) is 24.6 Å². The van der Waals surface area contributed by atoms with Gasteiger partial charge in [0.25, 0.3) is 0 Å². The monoisotopic (exact) mass is 169 g/mol. The van der Waals surface area contributed by atoms with Crippen molar-refractivity contribution >= 4 is 11.9 Å². The van der Waals surface area contributed by atoms with Crippen LogP contribution in [0.1, 0.15) is 6.92 Å². The third-order valence-electron chi connectivity index (χ3n) is 0.304. The molecule has 0 fully saturated rings. The van der Waals surface area contributed by atoms with Gasteiger partial charge in [0, 0.05) is 0 Å². The Bertz CT molecular complexity index is 57.0. The molecule has 0 spiro atoms. The van der Waals surface area contributed by atoms with Gasteiger partial charge in [0.2, 0.25) is 0 Å². The van der Waals surface area contributed by atoms with Crippen LogP contribution in [0.3, 0.4) is 0 Å². The fraction of sp³-hybridized carbons (Fsp3) is 1.00. The summed E-state index contributed by atoms with van der Waals surface area (Å²) in [6.07, 6.45) is -0.456. The zero-order valence-corrected chi connectivity index (χ0v) is 7.72. The summed E-state index contributed by atoms with van der Waals surface area (Å²) in [5.41, 5.74) is 0. The molecule has 0 aromatic rings. The van der Waals surface area contributed by atoms with E-state index in [2.05, 4.69) is 4.29 Å². The van der Waals surface area contributed by atoms with E-state index in [0.29, 0.717) is 0 Å². The summed E-state index contributed by atoms with van der Waals surface area (Å²) in [5.74, 6) is 0. The van der Waals surface area contributed by atoms with E-state index in [9.17, 15) is 0 Å². The molecule has 0 aromatic carbocycles. The molecular formula is C6H16ClNO2. The van der Waals surface area contributed by atoms with Crippen molar-refractivity contribution in [3.63, 3.8) is 0 Å². The molecule has 0 saturated heterocycles. The van der Waals surface area contributed by atoms with Gasteiger partial charge in [-0.15, -0.1) is 0 Å². The number of rotatable bonds is 2. The Kier molecular flexibility index (Phi) is 11.7. The first-order chi connectivity index (χ1) is 4.50. The van der Waals surface area contributed by atoms with Crippen LogP contribution in [0.5, 0.6) is 0 Å². The SMILES string of the molecule is CC(O)COCl.CN(C)C. The number of nitrogens with zero attached hydrogens (tertiary/aromatic N) is 1. The average Bonchev–Trinajstić information content (AvgIpc) is 1.62. The first-order valence-electron chi connectivity index (χ1n) is 3.03. The Morgan fingerprint density at radius 1 is 1.50 bits per heavy atom. The number of hydrogen-bond acceptors (Lipinski definition) is 3. The molecule has 1 N–H and O–H groups in total. The molecule has 0 saturated carbocycles. The third kappa shape index (κ3) is 41.8. The number of halogens is 1. The van der Waals surface area contributed by atoms with Crippen molar-refractivity contribution in [2.75, 3.05) is 27.7 Å². The van der Waals surface area contributed by atoms with Gasteiger partial charge >= 0.3 is 0 Å². The Hall–Kier alpha value is 0.170. The van der Waals surface area contributed by atoms with Gasteiger partial charge in [0.15, 0.2) is 0 Å². The Labute approximate surface area is 67.7 Å². The molecule has 0 aliphatic carbocycles. The minimum Gasteiger partial charge on any atom is -0.391 e. The van der Waals surface area contributed by atoms with Crippen LogP contribution in [-0.2, 0) is 4.29 Å². The predicted octanol–water partition coefficient (Wildman–Crippen LogP) is 0.715. The van der Waals surface area contributed by atoms with Gasteiger partial charge < -0.3 is 10.0 Å². The van der Waals surface area contributed by atoms with Gasteiger partial charge in [-0.25, -0.2) is 0 Å².